The highest BCUT2D eigenvalue weighted by atomic mass is 16.5. The summed E-state index contributed by atoms with van der Waals surface area (Å²) < 4.78 is 11.2. The fourth-order valence-corrected chi connectivity index (χ4v) is 3.59. The van der Waals surface area contributed by atoms with Crippen molar-refractivity contribution in [3.8, 4) is 5.75 Å². The van der Waals surface area contributed by atoms with Crippen molar-refractivity contribution < 1.29 is 14.3 Å². The Morgan fingerprint density at radius 3 is 2.73 bits per heavy atom. The van der Waals surface area contributed by atoms with Gasteiger partial charge in [-0.3, -0.25) is 9.69 Å². The Balaban J connectivity index is 1.58. The first-order valence-corrected chi connectivity index (χ1v) is 8.07. The van der Waals surface area contributed by atoms with E-state index in [0.29, 0.717) is 25.1 Å². The number of esters is 1. The van der Waals surface area contributed by atoms with Gasteiger partial charge in [0.25, 0.3) is 0 Å². The maximum absolute atomic E-state index is 11.7. The summed E-state index contributed by atoms with van der Waals surface area (Å²) in [5.41, 5.74) is 6.45. The standard InChI is InChI=1S/C17H24N2O3/c1-2-21-17(20)11-19-10-12-3-6-14(19)9-16(12)22-15-7-4-13(18)5-8-15/h4-5,7-8,12,14,16H,2-3,6,9-11,18H2,1H3. The van der Waals surface area contributed by atoms with Crippen LogP contribution in [0.3, 0.4) is 0 Å². The van der Waals surface area contributed by atoms with Gasteiger partial charge in [-0.15, -0.1) is 0 Å². The second kappa shape index (κ2) is 6.57. The van der Waals surface area contributed by atoms with E-state index in [0.717, 1.165) is 30.8 Å². The third-order valence-electron chi connectivity index (χ3n) is 4.69. The van der Waals surface area contributed by atoms with Gasteiger partial charge in [-0.2, -0.15) is 0 Å². The lowest BCUT2D eigenvalue weighted by molar-refractivity contribution is -0.147. The molecule has 2 heterocycles. The van der Waals surface area contributed by atoms with Crippen molar-refractivity contribution in [3.63, 3.8) is 0 Å². The number of ether oxygens (including phenoxy) is 2. The zero-order chi connectivity index (χ0) is 15.5. The van der Waals surface area contributed by atoms with Crippen LogP contribution in [-0.2, 0) is 9.53 Å². The third-order valence-corrected chi connectivity index (χ3v) is 4.69. The molecular formula is C17H24N2O3. The van der Waals surface area contributed by atoms with Crippen molar-refractivity contribution in [1.82, 2.24) is 4.90 Å². The molecule has 3 aliphatic rings. The Morgan fingerprint density at radius 2 is 2.09 bits per heavy atom. The molecule has 1 aliphatic carbocycles. The number of nitrogens with two attached hydrogens (primary N) is 1. The summed E-state index contributed by atoms with van der Waals surface area (Å²) >= 11 is 0. The van der Waals surface area contributed by atoms with E-state index in [2.05, 4.69) is 4.90 Å². The molecule has 2 saturated heterocycles. The molecule has 0 radical (unpaired) electrons. The van der Waals surface area contributed by atoms with Gasteiger partial charge < -0.3 is 15.2 Å². The average Bonchev–Trinajstić information content (AvgIpc) is 2.51. The number of rotatable bonds is 5. The van der Waals surface area contributed by atoms with Gasteiger partial charge in [0.1, 0.15) is 11.9 Å². The molecule has 120 valence electrons. The number of hydrogen-bond donors (Lipinski definition) is 1. The molecule has 1 aromatic rings. The highest BCUT2D eigenvalue weighted by molar-refractivity contribution is 5.71. The minimum absolute atomic E-state index is 0.119. The van der Waals surface area contributed by atoms with Crippen LogP contribution in [0, 0.1) is 5.92 Å². The maximum atomic E-state index is 11.7. The Kier molecular flexibility index (Phi) is 4.52. The normalized spacial score (nSPS) is 27.6. The molecule has 22 heavy (non-hydrogen) atoms. The summed E-state index contributed by atoms with van der Waals surface area (Å²) in [6.07, 6.45) is 3.53. The molecule has 5 heteroatoms. The van der Waals surface area contributed by atoms with Crippen LogP contribution in [0.25, 0.3) is 0 Å². The molecule has 0 amide bonds. The van der Waals surface area contributed by atoms with Gasteiger partial charge in [-0.05, 0) is 44.0 Å². The summed E-state index contributed by atoms with van der Waals surface area (Å²) in [5, 5.41) is 0. The molecule has 1 saturated carbocycles. The number of hydrogen-bond acceptors (Lipinski definition) is 5. The lowest BCUT2D eigenvalue weighted by atomic mass is 9.77. The SMILES string of the molecule is CCOC(=O)CN1CC2CCC1CC2Oc1ccc(N)cc1. The molecular weight excluding hydrogens is 280 g/mol. The summed E-state index contributed by atoms with van der Waals surface area (Å²) in [7, 11) is 0. The van der Waals surface area contributed by atoms with E-state index in [9.17, 15) is 4.79 Å². The van der Waals surface area contributed by atoms with Crippen LogP contribution in [0.1, 0.15) is 26.2 Å². The predicted molar refractivity (Wildman–Crippen MR) is 84.6 cm³/mol. The maximum Gasteiger partial charge on any atom is 0.320 e. The summed E-state index contributed by atoms with van der Waals surface area (Å²) in [5.74, 6) is 1.24. The van der Waals surface area contributed by atoms with Gasteiger partial charge in [0, 0.05) is 30.6 Å². The first-order chi connectivity index (χ1) is 10.7. The van der Waals surface area contributed by atoms with Gasteiger partial charge >= 0.3 is 5.97 Å². The quantitative estimate of drug-likeness (QED) is 0.666. The summed E-state index contributed by atoms with van der Waals surface area (Å²) in [4.78, 5) is 13.9. The zero-order valence-electron chi connectivity index (χ0n) is 13.0. The second-order valence-electron chi connectivity index (χ2n) is 6.19. The fraction of sp³-hybridized carbons (Fsp3) is 0.588. The third kappa shape index (κ3) is 3.35. The molecule has 4 rings (SSSR count). The second-order valence-corrected chi connectivity index (χ2v) is 6.19. The van der Waals surface area contributed by atoms with Crippen LogP contribution >= 0.6 is 0 Å². The van der Waals surface area contributed by atoms with Gasteiger partial charge in [-0.25, -0.2) is 0 Å². The highest BCUT2D eigenvalue weighted by Crippen LogP contribution is 2.37. The number of carbonyl (C=O) groups is 1. The number of piperidine rings is 2. The Bertz CT molecular complexity index is 517. The lowest BCUT2D eigenvalue weighted by Gasteiger charge is -2.48. The van der Waals surface area contributed by atoms with Crippen LogP contribution in [-0.4, -0.2) is 42.7 Å². The topological polar surface area (TPSA) is 64.8 Å². The van der Waals surface area contributed by atoms with Crippen molar-refractivity contribution in [2.45, 2.75) is 38.3 Å². The van der Waals surface area contributed by atoms with Crippen molar-refractivity contribution in [2.24, 2.45) is 5.92 Å². The van der Waals surface area contributed by atoms with Crippen molar-refractivity contribution in [3.05, 3.63) is 24.3 Å². The van der Waals surface area contributed by atoms with Crippen molar-refractivity contribution in [2.75, 3.05) is 25.4 Å². The zero-order valence-corrected chi connectivity index (χ0v) is 13.0. The lowest BCUT2D eigenvalue weighted by Crippen LogP contribution is -2.56. The number of fused-ring (bicyclic) bond motifs is 3. The van der Waals surface area contributed by atoms with Crippen LogP contribution in [0.5, 0.6) is 5.75 Å². The number of benzene rings is 1. The van der Waals surface area contributed by atoms with E-state index < -0.39 is 0 Å². The largest absolute Gasteiger partial charge is 0.490 e. The molecule has 2 bridgehead atoms. The number of nitrogen functional groups attached to an aromatic ring is 1. The number of carbonyl (C=O) groups excluding carboxylic acids is 1. The van der Waals surface area contributed by atoms with Crippen molar-refractivity contribution >= 4 is 11.7 Å². The molecule has 3 atom stereocenters. The van der Waals surface area contributed by atoms with Gasteiger partial charge in [0.05, 0.1) is 13.2 Å². The Morgan fingerprint density at radius 1 is 1.32 bits per heavy atom. The fourth-order valence-electron chi connectivity index (χ4n) is 3.59. The van der Waals surface area contributed by atoms with Crippen LogP contribution in [0.15, 0.2) is 24.3 Å². The Hall–Kier alpha value is -1.75. The highest BCUT2D eigenvalue weighted by Gasteiger charge is 2.42. The Labute approximate surface area is 131 Å². The molecule has 0 spiro atoms. The minimum atomic E-state index is -0.119. The van der Waals surface area contributed by atoms with E-state index in [1.54, 1.807) is 0 Å². The minimum Gasteiger partial charge on any atom is -0.490 e. The van der Waals surface area contributed by atoms with Crippen LogP contribution < -0.4 is 10.5 Å². The van der Waals surface area contributed by atoms with E-state index in [1.807, 2.05) is 31.2 Å². The monoisotopic (exact) mass is 304 g/mol. The first-order valence-electron chi connectivity index (χ1n) is 8.07. The van der Waals surface area contributed by atoms with E-state index >= 15 is 0 Å². The number of anilines is 1. The molecule has 2 aliphatic heterocycles. The van der Waals surface area contributed by atoms with E-state index in [4.69, 9.17) is 15.2 Å². The molecule has 5 nitrogen and oxygen atoms in total. The molecule has 0 aromatic heterocycles. The summed E-state index contributed by atoms with van der Waals surface area (Å²) in [6.45, 7) is 3.62. The summed E-state index contributed by atoms with van der Waals surface area (Å²) in [6, 6.07) is 8.00. The number of nitrogens with zero attached hydrogens (tertiary/aromatic N) is 1. The molecule has 2 N–H and O–H groups in total. The van der Waals surface area contributed by atoms with Crippen LogP contribution in [0.4, 0.5) is 5.69 Å². The van der Waals surface area contributed by atoms with E-state index in [1.165, 1.54) is 6.42 Å². The molecule has 3 unspecified atom stereocenters. The molecule has 3 fully saturated rings. The smallest absolute Gasteiger partial charge is 0.320 e. The first kappa shape index (κ1) is 15.2. The van der Waals surface area contributed by atoms with E-state index in [-0.39, 0.29) is 12.1 Å². The molecule has 1 aromatic carbocycles. The predicted octanol–water partition coefficient (Wildman–Crippen LogP) is 2.06. The van der Waals surface area contributed by atoms with Gasteiger partial charge in [0.2, 0.25) is 0 Å². The van der Waals surface area contributed by atoms with Crippen molar-refractivity contribution in [1.29, 1.82) is 0 Å². The average molecular weight is 304 g/mol. The van der Waals surface area contributed by atoms with Crippen LogP contribution in [0.2, 0.25) is 0 Å². The van der Waals surface area contributed by atoms with Gasteiger partial charge in [0.15, 0.2) is 0 Å². The van der Waals surface area contributed by atoms with Gasteiger partial charge in [-0.1, -0.05) is 0 Å².